The third-order valence-electron chi connectivity index (χ3n) is 4.84. The van der Waals surface area contributed by atoms with Gasteiger partial charge >= 0.3 is 5.97 Å². The van der Waals surface area contributed by atoms with Gasteiger partial charge in [-0.1, -0.05) is 29.8 Å². The smallest absolute Gasteiger partial charge is 0.305 e. The summed E-state index contributed by atoms with van der Waals surface area (Å²) in [4.78, 5) is 23.9. The summed E-state index contributed by atoms with van der Waals surface area (Å²) in [5, 5.41) is 0. The minimum Gasteiger partial charge on any atom is -0.469 e. The van der Waals surface area contributed by atoms with E-state index in [-0.39, 0.29) is 12.4 Å². The van der Waals surface area contributed by atoms with Crippen molar-refractivity contribution in [2.24, 2.45) is 5.73 Å². The standard InChI is InChI=1S/C20H24N2O3/c1-12-4-6-14(7-5-12)19-16(10-11-17(23)25-3)22(15-8-9-15)13(2)18(19)20(21)24/h4-7,15H,8-11H2,1-3H3,(H2,21,24). The van der Waals surface area contributed by atoms with Gasteiger partial charge in [-0.15, -0.1) is 0 Å². The molecule has 0 radical (unpaired) electrons. The second-order valence-electron chi connectivity index (χ2n) is 6.69. The SMILES string of the molecule is COC(=O)CCc1c(-c2ccc(C)cc2)c(C(N)=O)c(C)n1C1CC1. The Bertz CT molecular complexity index is 814. The lowest BCUT2D eigenvalue weighted by atomic mass is 9.97. The van der Waals surface area contributed by atoms with Crippen molar-refractivity contribution >= 4 is 11.9 Å². The first-order valence-electron chi connectivity index (χ1n) is 8.61. The Morgan fingerprint density at radius 2 is 1.84 bits per heavy atom. The monoisotopic (exact) mass is 340 g/mol. The number of amides is 1. The van der Waals surface area contributed by atoms with E-state index in [0.717, 1.165) is 40.9 Å². The van der Waals surface area contributed by atoms with Crippen molar-refractivity contribution in [3.8, 4) is 11.1 Å². The molecule has 0 bridgehead atoms. The van der Waals surface area contributed by atoms with Crippen molar-refractivity contribution in [3.63, 3.8) is 0 Å². The fourth-order valence-corrected chi connectivity index (χ4v) is 3.50. The van der Waals surface area contributed by atoms with Crippen molar-refractivity contribution < 1.29 is 14.3 Å². The summed E-state index contributed by atoms with van der Waals surface area (Å²) in [6.07, 6.45) is 2.99. The van der Waals surface area contributed by atoms with E-state index in [2.05, 4.69) is 4.57 Å². The molecule has 1 amide bonds. The second-order valence-corrected chi connectivity index (χ2v) is 6.69. The van der Waals surface area contributed by atoms with Crippen LogP contribution >= 0.6 is 0 Å². The van der Waals surface area contributed by atoms with Gasteiger partial charge in [-0.05, 0) is 38.7 Å². The van der Waals surface area contributed by atoms with Crippen molar-refractivity contribution in [2.75, 3.05) is 7.11 Å². The summed E-state index contributed by atoms with van der Waals surface area (Å²) >= 11 is 0. The van der Waals surface area contributed by atoms with E-state index >= 15 is 0 Å². The van der Waals surface area contributed by atoms with E-state index in [0.29, 0.717) is 18.0 Å². The van der Waals surface area contributed by atoms with E-state index in [9.17, 15) is 9.59 Å². The highest BCUT2D eigenvalue weighted by Gasteiger charge is 2.33. The van der Waals surface area contributed by atoms with Gasteiger partial charge < -0.3 is 15.0 Å². The number of aryl methyl sites for hydroxylation is 1. The van der Waals surface area contributed by atoms with E-state index in [1.807, 2.05) is 38.1 Å². The lowest BCUT2D eigenvalue weighted by Crippen LogP contribution is -2.13. The van der Waals surface area contributed by atoms with Gasteiger partial charge in [0.05, 0.1) is 19.1 Å². The number of nitrogens with two attached hydrogens (primary N) is 1. The van der Waals surface area contributed by atoms with Gasteiger partial charge in [0.25, 0.3) is 5.91 Å². The van der Waals surface area contributed by atoms with Crippen molar-refractivity contribution in [1.82, 2.24) is 4.57 Å². The number of esters is 1. The zero-order valence-corrected chi connectivity index (χ0v) is 15.0. The molecule has 1 fully saturated rings. The first-order chi connectivity index (χ1) is 11.9. The Morgan fingerprint density at radius 3 is 2.36 bits per heavy atom. The molecule has 5 nitrogen and oxygen atoms in total. The summed E-state index contributed by atoms with van der Waals surface area (Å²) in [5.74, 6) is -0.677. The van der Waals surface area contributed by atoms with Crippen molar-refractivity contribution in [1.29, 1.82) is 0 Å². The molecule has 5 heteroatoms. The van der Waals surface area contributed by atoms with Crippen LogP contribution in [0.2, 0.25) is 0 Å². The van der Waals surface area contributed by atoms with Crippen molar-refractivity contribution in [2.45, 2.75) is 45.6 Å². The number of hydrogen-bond acceptors (Lipinski definition) is 3. The summed E-state index contributed by atoms with van der Waals surface area (Å²) in [6.45, 7) is 3.97. The lowest BCUT2D eigenvalue weighted by molar-refractivity contribution is -0.140. The molecule has 0 spiro atoms. The molecule has 2 aromatic rings. The Hall–Kier alpha value is -2.56. The molecule has 1 aliphatic carbocycles. The number of benzene rings is 1. The number of methoxy groups -OCH3 is 1. The molecule has 0 atom stereocenters. The van der Waals surface area contributed by atoms with E-state index in [4.69, 9.17) is 10.5 Å². The largest absolute Gasteiger partial charge is 0.469 e. The summed E-state index contributed by atoms with van der Waals surface area (Å²) in [7, 11) is 1.39. The Kier molecular flexibility index (Phi) is 4.66. The second kappa shape index (κ2) is 6.75. The molecule has 1 saturated carbocycles. The molecular formula is C20H24N2O3. The fraction of sp³-hybridized carbons (Fsp3) is 0.400. The van der Waals surface area contributed by atoms with Gasteiger partial charge in [0.2, 0.25) is 0 Å². The highest BCUT2D eigenvalue weighted by molar-refractivity contribution is 6.02. The number of aromatic nitrogens is 1. The van der Waals surface area contributed by atoms with Crippen LogP contribution < -0.4 is 5.73 Å². The minimum absolute atomic E-state index is 0.253. The molecule has 1 aromatic carbocycles. The molecule has 3 rings (SSSR count). The van der Waals surface area contributed by atoms with E-state index in [1.165, 1.54) is 7.11 Å². The van der Waals surface area contributed by atoms with Gasteiger partial charge in [0.15, 0.2) is 0 Å². The van der Waals surface area contributed by atoms with Crippen LogP contribution in [0.25, 0.3) is 11.1 Å². The number of rotatable bonds is 6. The van der Waals surface area contributed by atoms with Crippen LogP contribution in [-0.4, -0.2) is 23.6 Å². The van der Waals surface area contributed by atoms with Gasteiger partial charge in [-0.3, -0.25) is 9.59 Å². The molecule has 0 saturated heterocycles. The molecule has 0 aliphatic heterocycles. The minimum atomic E-state index is -0.424. The topological polar surface area (TPSA) is 74.3 Å². The molecule has 1 aliphatic rings. The maximum absolute atomic E-state index is 12.2. The van der Waals surface area contributed by atoms with Gasteiger partial charge in [-0.2, -0.15) is 0 Å². The molecule has 2 N–H and O–H groups in total. The van der Waals surface area contributed by atoms with Crippen LogP contribution in [0, 0.1) is 13.8 Å². The number of carbonyl (C=O) groups excluding carboxylic acids is 2. The first-order valence-corrected chi connectivity index (χ1v) is 8.61. The van der Waals surface area contributed by atoms with Crippen LogP contribution in [0.3, 0.4) is 0 Å². The summed E-state index contributed by atoms with van der Waals surface area (Å²) in [5.41, 5.74) is 11.2. The maximum atomic E-state index is 12.2. The highest BCUT2D eigenvalue weighted by Crippen LogP contribution is 2.43. The van der Waals surface area contributed by atoms with Crippen molar-refractivity contribution in [3.05, 3.63) is 46.8 Å². The van der Waals surface area contributed by atoms with E-state index < -0.39 is 5.91 Å². The maximum Gasteiger partial charge on any atom is 0.305 e. The number of primary amides is 1. The quantitative estimate of drug-likeness (QED) is 0.820. The lowest BCUT2D eigenvalue weighted by Gasteiger charge is -2.12. The number of carbonyl (C=O) groups is 2. The van der Waals surface area contributed by atoms with Crippen LogP contribution in [0.15, 0.2) is 24.3 Å². The van der Waals surface area contributed by atoms with Crippen LogP contribution in [-0.2, 0) is 16.0 Å². The average molecular weight is 340 g/mol. The van der Waals surface area contributed by atoms with Crippen LogP contribution in [0.4, 0.5) is 0 Å². The zero-order chi connectivity index (χ0) is 18.1. The van der Waals surface area contributed by atoms with Gasteiger partial charge in [0, 0.05) is 23.0 Å². The fourth-order valence-electron chi connectivity index (χ4n) is 3.50. The Morgan fingerprint density at radius 1 is 1.20 bits per heavy atom. The molecule has 25 heavy (non-hydrogen) atoms. The molecule has 1 heterocycles. The normalized spacial score (nSPS) is 13.7. The first kappa shape index (κ1) is 17.3. The summed E-state index contributed by atoms with van der Waals surface area (Å²) < 4.78 is 7.00. The van der Waals surface area contributed by atoms with E-state index in [1.54, 1.807) is 0 Å². The number of hydrogen-bond donors (Lipinski definition) is 1. The third-order valence-corrected chi connectivity index (χ3v) is 4.84. The molecule has 1 aromatic heterocycles. The Balaban J connectivity index is 2.18. The summed E-state index contributed by atoms with van der Waals surface area (Å²) in [6, 6.07) is 8.46. The number of nitrogens with zero attached hydrogens (tertiary/aromatic N) is 1. The molecule has 132 valence electrons. The molecular weight excluding hydrogens is 316 g/mol. The van der Waals surface area contributed by atoms with Crippen LogP contribution in [0.5, 0.6) is 0 Å². The predicted octanol–water partition coefficient (Wildman–Crippen LogP) is 3.31. The highest BCUT2D eigenvalue weighted by atomic mass is 16.5. The van der Waals surface area contributed by atoms with Gasteiger partial charge in [0.1, 0.15) is 0 Å². The zero-order valence-electron chi connectivity index (χ0n) is 15.0. The predicted molar refractivity (Wildman–Crippen MR) is 96.5 cm³/mol. The Labute approximate surface area is 147 Å². The third kappa shape index (κ3) is 3.31. The molecule has 0 unspecified atom stereocenters. The number of ether oxygens (including phenoxy) is 1. The van der Waals surface area contributed by atoms with Crippen LogP contribution in [0.1, 0.15) is 52.6 Å². The average Bonchev–Trinajstić information content (AvgIpc) is 3.37. The van der Waals surface area contributed by atoms with Gasteiger partial charge in [-0.25, -0.2) is 0 Å².